The van der Waals surface area contributed by atoms with Gasteiger partial charge in [0.1, 0.15) is 5.70 Å². The molecule has 0 aliphatic rings. The number of thiophene rings is 1. The van der Waals surface area contributed by atoms with Crippen LogP contribution in [0, 0.1) is 6.92 Å². The van der Waals surface area contributed by atoms with E-state index in [0.29, 0.717) is 5.56 Å². The minimum Gasteiger partial charge on any atom is -0.346 e. The molecule has 0 atom stereocenters. The third-order valence-corrected chi connectivity index (χ3v) is 3.91. The van der Waals surface area contributed by atoms with Crippen LogP contribution in [0.5, 0.6) is 0 Å². The first kappa shape index (κ1) is 17.9. The molecule has 0 saturated carbocycles. The second-order valence-corrected chi connectivity index (χ2v) is 7.58. The number of benzene rings is 1. The molecule has 24 heavy (non-hydrogen) atoms. The Kier molecular flexibility index (Phi) is 5.57. The molecule has 0 radical (unpaired) electrons. The molecule has 1 heterocycles. The van der Waals surface area contributed by atoms with Gasteiger partial charge in [-0.2, -0.15) is 0 Å². The molecule has 0 fully saturated rings. The molecule has 0 aliphatic heterocycles. The highest BCUT2D eigenvalue weighted by Gasteiger charge is 2.20. The normalized spacial score (nSPS) is 11.9. The van der Waals surface area contributed by atoms with Gasteiger partial charge in [0.25, 0.3) is 11.8 Å². The number of carbonyl (C=O) groups excluding carboxylic acids is 2. The summed E-state index contributed by atoms with van der Waals surface area (Å²) in [4.78, 5) is 25.9. The van der Waals surface area contributed by atoms with E-state index < -0.39 is 0 Å². The zero-order chi connectivity index (χ0) is 17.7. The Labute approximate surface area is 146 Å². The maximum Gasteiger partial charge on any atom is 0.268 e. The van der Waals surface area contributed by atoms with Gasteiger partial charge in [-0.05, 0) is 57.4 Å². The lowest BCUT2D eigenvalue weighted by molar-refractivity contribution is -0.119. The average molecular weight is 342 g/mol. The lowest BCUT2D eigenvalue weighted by atomic mass is 10.1. The fourth-order valence-electron chi connectivity index (χ4n) is 2.06. The van der Waals surface area contributed by atoms with Gasteiger partial charge in [-0.25, -0.2) is 0 Å². The Morgan fingerprint density at radius 3 is 2.46 bits per heavy atom. The highest BCUT2D eigenvalue weighted by atomic mass is 32.1. The molecule has 0 spiro atoms. The van der Waals surface area contributed by atoms with Gasteiger partial charge in [-0.15, -0.1) is 11.3 Å². The second kappa shape index (κ2) is 7.45. The second-order valence-electron chi connectivity index (χ2n) is 6.60. The zero-order valence-electron chi connectivity index (χ0n) is 14.3. The van der Waals surface area contributed by atoms with Crippen LogP contribution >= 0.6 is 11.3 Å². The third-order valence-electron chi connectivity index (χ3n) is 3.09. The topological polar surface area (TPSA) is 58.2 Å². The van der Waals surface area contributed by atoms with Crippen LogP contribution in [0.15, 0.2) is 47.5 Å². The number of carbonyl (C=O) groups is 2. The van der Waals surface area contributed by atoms with Gasteiger partial charge in [0, 0.05) is 16.0 Å². The summed E-state index contributed by atoms with van der Waals surface area (Å²) in [5, 5.41) is 7.54. The van der Waals surface area contributed by atoms with Gasteiger partial charge in [-0.1, -0.05) is 23.8 Å². The first-order valence-corrected chi connectivity index (χ1v) is 8.58. The molecule has 0 saturated heterocycles. The van der Waals surface area contributed by atoms with Crippen LogP contribution in [-0.2, 0) is 4.79 Å². The van der Waals surface area contributed by atoms with Gasteiger partial charge < -0.3 is 10.6 Å². The van der Waals surface area contributed by atoms with Crippen LogP contribution in [-0.4, -0.2) is 17.4 Å². The van der Waals surface area contributed by atoms with Crippen molar-refractivity contribution in [2.75, 3.05) is 0 Å². The average Bonchev–Trinajstić information content (AvgIpc) is 2.97. The van der Waals surface area contributed by atoms with E-state index in [4.69, 9.17) is 0 Å². The van der Waals surface area contributed by atoms with Crippen LogP contribution in [0.2, 0.25) is 0 Å². The summed E-state index contributed by atoms with van der Waals surface area (Å²) in [6.45, 7) is 7.62. The molecule has 2 aromatic rings. The molecule has 2 rings (SSSR count). The van der Waals surface area contributed by atoms with Crippen LogP contribution in [0.25, 0.3) is 6.08 Å². The summed E-state index contributed by atoms with van der Waals surface area (Å²) in [6.07, 6.45) is 1.69. The molecule has 0 unspecified atom stereocenters. The van der Waals surface area contributed by atoms with Gasteiger partial charge >= 0.3 is 0 Å². The van der Waals surface area contributed by atoms with Gasteiger partial charge in [0.05, 0.1) is 0 Å². The first-order chi connectivity index (χ1) is 11.2. The van der Waals surface area contributed by atoms with E-state index in [2.05, 4.69) is 10.6 Å². The quantitative estimate of drug-likeness (QED) is 0.832. The number of amides is 2. The predicted molar refractivity (Wildman–Crippen MR) is 98.8 cm³/mol. The van der Waals surface area contributed by atoms with Crippen molar-refractivity contribution in [3.8, 4) is 0 Å². The Morgan fingerprint density at radius 1 is 1.12 bits per heavy atom. The van der Waals surface area contributed by atoms with Crippen molar-refractivity contribution in [3.63, 3.8) is 0 Å². The largest absolute Gasteiger partial charge is 0.346 e. The Bertz CT molecular complexity index is 756. The number of nitrogens with one attached hydrogen (secondary N) is 2. The van der Waals surface area contributed by atoms with E-state index in [-0.39, 0.29) is 23.1 Å². The lowest BCUT2D eigenvalue weighted by Crippen LogP contribution is -2.44. The standard InChI is InChI=1S/C19H22N2O2S/c1-13-7-5-8-14(11-13)17(22)20-16(12-15-9-6-10-24-15)18(23)21-19(2,3)4/h5-12H,1-4H3,(H,20,22)(H,21,23)/b16-12-. The Hall–Kier alpha value is -2.40. The van der Waals surface area contributed by atoms with Crippen LogP contribution in [0.1, 0.15) is 41.6 Å². The third kappa shape index (κ3) is 5.35. The minimum absolute atomic E-state index is 0.235. The fourth-order valence-corrected chi connectivity index (χ4v) is 2.72. The number of hydrogen-bond acceptors (Lipinski definition) is 3. The smallest absolute Gasteiger partial charge is 0.268 e. The summed E-state index contributed by atoms with van der Waals surface area (Å²) in [7, 11) is 0. The van der Waals surface area contributed by atoms with Crippen molar-refractivity contribution >= 4 is 29.2 Å². The molecule has 1 aromatic carbocycles. The molecule has 0 bridgehead atoms. The highest BCUT2D eigenvalue weighted by Crippen LogP contribution is 2.14. The molecule has 126 valence electrons. The van der Waals surface area contributed by atoms with Crippen molar-refractivity contribution in [1.82, 2.24) is 10.6 Å². The van der Waals surface area contributed by atoms with Crippen LogP contribution in [0.3, 0.4) is 0 Å². The highest BCUT2D eigenvalue weighted by molar-refractivity contribution is 7.10. The zero-order valence-corrected chi connectivity index (χ0v) is 15.2. The first-order valence-electron chi connectivity index (χ1n) is 7.70. The monoisotopic (exact) mass is 342 g/mol. The van der Waals surface area contributed by atoms with Crippen molar-refractivity contribution in [3.05, 3.63) is 63.5 Å². The summed E-state index contributed by atoms with van der Waals surface area (Å²) in [5.41, 5.74) is 1.36. The van der Waals surface area contributed by atoms with Gasteiger partial charge in [0.15, 0.2) is 0 Å². The number of aryl methyl sites for hydroxylation is 1. The van der Waals surface area contributed by atoms with Crippen molar-refractivity contribution < 1.29 is 9.59 Å². The summed E-state index contributed by atoms with van der Waals surface area (Å²) < 4.78 is 0. The molecule has 4 nitrogen and oxygen atoms in total. The molecule has 0 aliphatic carbocycles. The van der Waals surface area contributed by atoms with Crippen molar-refractivity contribution in [1.29, 1.82) is 0 Å². The van der Waals surface area contributed by atoms with Gasteiger partial charge in [0.2, 0.25) is 0 Å². The molecule has 5 heteroatoms. The van der Waals surface area contributed by atoms with Crippen molar-refractivity contribution in [2.24, 2.45) is 0 Å². The summed E-state index contributed by atoms with van der Waals surface area (Å²) >= 11 is 1.50. The van der Waals surface area contributed by atoms with Crippen LogP contribution in [0.4, 0.5) is 0 Å². The minimum atomic E-state index is -0.389. The SMILES string of the molecule is Cc1cccc(C(=O)N/C(=C\c2cccs2)C(=O)NC(C)(C)C)c1. The summed E-state index contributed by atoms with van der Waals surface area (Å²) in [5.74, 6) is -0.609. The van der Waals surface area contributed by atoms with E-state index in [1.165, 1.54) is 11.3 Å². The van der Waals surface area contributed by atoms with E-state index in [1.54, 1.807) is 18.2 Å². The Morgan fingerprint density at radius 2 is 1.88 bits per heavy atom. The number of hydrogen-bond donors (Lipinski definition) is 2. The molecular formula is C19H22N2O2S. The fraction of sp³-hybridized carbons (Fsp3) is 0.263. The maximum absolute atomic E-state index is 12.5. The van der Waals surface area contributed by atoms with E-state index >= 15 is 0 Å². The molecule has 2 N–H and O–H groups in total. The van der Waals surface area contributed by atoms with Crippen molar-refractivity contribution in [2.45, 2.75) is 33.2 Å². The lowest BCUT2D eigenvalue weighted by Gasteiger charge is -2.21. The van der Waals surface area contributed by atoms with E-state index in [9.17, 15) is 9.59 Å². The molecule has 2 amide bonds. The number of rotatable bonds is 4. The summed E-state index contributed by atoms with van der Waals surface area (Å²) in [6, 6.07) is 11.1. The van der Waals surface area contributed by atoms with E-state index in [1.807, 2.05) is 57.3 Å². The van der Waals surface area contributed by atoms with Crippen LogP contribution < -0.4 is 10.6 Å². The van der Waals surface area contributed by atoms with Gasteiger partial charge in [-0.3, -0.25) is 9.59 Å². The molecule has 1 aromatic heterocycles. The predicted octanol–water partition coefficient (Wildman–Crippen LogP) is 3.74. The Balaban J connectivity index is 2.26. The molecular weight excluding hydrogens is 320 g/mol. The maximum atomic E-state index is 12.5. The van der Waals surface area contributed by atoms with E-state index in [0.717, 1.165) is 10.4 Å².